The first-order chi connectivity index (χ1) is 11.8. The number of alkyl halides is 3. The van der Waals surface area contributed by atoms with Gasteiger partial charge < -0.3 is 14.5 Å². The van der Waals surface area contributed by atoms with Crippen molar-refractivity contribution in [3.05, 3.63) is 29.8 Å². The Balaban J connectivity index is 1.63. The van der Waals surface area contributed by atoms with Gasteiger partial charge in [0.2, 0.25) is 0 Å². The van der Waals surface area contributed by atoms with Gasteiger partial charge in [0, 0.05) is 32.7 Å². The molecule has 1 aromatic rings. The average Bonchev–Trinajstić information content (AvgIpc) is 2.57. The van der Waals surface area contributed by atoms with Crippen LogP contribution < -0.4 is 4.74 Å². The highest BCUT2D eigenvalue weighted by Crippen LogP contribution is 2.31. The van der Waals surface area contributed by atoms with Gasteiger partial charge in [-0.15, -0.1) is 0 Å². The fraction of sp³-hybridized carbons (Fsp3) is 0.684. The zero-order valence-corrected chi connectivity index (χ0v) is 15.2. The van der Waals surface area contributed by atoms with Gasteiger partial charge in [-0.25, -0.2) is 0 Å². The number of piperazine rings is 1. The molecule has 0 aromatic heterocycles. The molecule has 1 aliphatic heterocycles. The lowest BCUT2D eigenvalue weighted by Gasteiger charge is -2.35. The molecule has 1 aromatic carbocycles. The summed E-state index contributed by atoms with van der Waals surface area (Å²) < 4.78 is 43.5. The highest BCUT2D eigenvalue weighted by molar-refractivity contribution is 5.30. The molecule has 1 fully saturated rings. The van der Waals surface area contributed by atoms with E-state index in [0.29, 0.717) is 6.61 Å². The Kier molecular flexibility index (Phi) is 7.56. The molecule has 0 spiro atoms. The first kappa shape index (κ1) is 20.0. The predicted molar refractivity (Wildman–Crippen MR) is 93.9 cm³/mol. The van der Waals surface area contributed by atoms with Gasteiger partial charge in [0.1, 0.15) is 5.75 Å². The van der Waals surface area contributed by atoms with Crippen LogP contribution in [0.25, 0.3) is 0 Å². The van der Waals surface area contributed by atoms with Crippen LogP contribution in [-0.4, -0.2) is 55.7 Å². The van der Waals surface area contributed by atoms with Crippen LogP contribution in [0.4, 0.5) is 13.2 Å². The van der Waals surface area contributed by atoms with Gasteiger partial charge in [0.25, 0.3) is 0 Å². The van der Waals surface area contributed by atoms with Crippen molar-refractivity contribution >= 4 is 0 Å². The molecule has 6 heteroatoms. The molecule has 0 bridgehead atoms. The molecule has 25 heavy (non-hydrogen) atoms. The Morgan fingerprint density at radius 2 is 1.68 bits per heavy atom. The zero-order chi connectivity index (χ0) is 18.3. The Labute approximate surface area is 148 Å². The van der Waals surface area contributed by atoms with E-state index in [1.54, 1.807) is 6.07 Å². The lowest BCUT2D eigenvalue weighted by atomic mass is 10.1. The maximum atomic E-state index is 12.7. The topological polar surface area (TPSA) is 15.7 Å². The quantitative estimate of drug-likeness (QED) is 0.650. The summed E-state index contributed by atoms with van der Waals surface area (Å²) in [4.78, 5) is 4.91. The van der Waals surface area contributed by atoms with Crippen LogP contribution in [0.2, 0.25) is 0 Å². The summed E-state index contributed by atoms with van der Waals surface area (Å²) in [5.41, 5.74) is -0.664. The fourth-order valence-corrected chi connectivity index (χ4v) is 2.92. The summed E-state index contributed by atoms with van der Waals surface area (Å²) in [6, 6.07) is 5.08. The summed E-state index contributed by atoms with van der Waals surface area (Å²) in [5, 5.41) is 0. The summed E-state index contributed by atoms with van der Waals surface area (Å²) in [6.07, 6.45) is -2.26. The SMILES string of the molecule is CC(C)CCN1CCN(CCCOc2cccc(C(F)(F)F)c2)CC1. The van der Waals surface area contributed by atoms with Crippen LogP contribution >= 0.6 is 0 Å². The van der Waals surface area contributed by atoms with Gasteiger partial charge >= 0.3 is 6.18 Å². The monoisotopic (exact) mass is 358 g/mol. The average molecular weight is 358 g/mol. The van der Waals surface area contributed by atoms with Crippen molar-refractivity contribution in [2.24, 2.45) is 5.92 Å². The van der Waals surface area contributed by atoms with Gasteiger partial charge in [-0.05, 0) is 43.5 Å². The van der Waals surface area contributed by atoms with Crippen LogP contribution in [-0.2, 0) is 6.18 Å². The van der Waals surface area contributed by atoms with Crippen molar-refractivity contribution < 1.29 is 17.9 Å². The van der Waals surface area contributed by atoms with Crippen LogP contribution in [0, 0.1) is 5.92 Å². The van der Waals surface area contributed by atoms with Crippen molar-refractivity contribution in [1.82, 2.24) is 9.80 Å². The van der Waals surface area contributed by atoms with Gasteiger partial charge in [-0.1, -0.05) is 19.9 Å². The largest absolute Gasteiger partial charge is 0.494 e. The van der Waals surface area contributed by atoms with Crippen molar-refractivity contribution in [2.75, 3.05) is 45.9 Å². The second kappa shape index (κ2) is 9.43. The Hall–Kier alpha value is -1.27. The standard InChI is InChI=1S/C19H29F3N2O/c1-16(2)7-9-24-12-10-23(11-13-24)8-4-14-25-18-6-3-5-17(15-18)19(20,21)22/h3,5-6,15-16H,4,7-14H2,1-2H3. The van der Waals surface area contributed by atoms with Gasteiger partial charge in [-0.3, -0.25) is 0 Å². The molecule has 0 N–H and O–H groups in total. The third kappa shape index (κ3) is 7.24. The minimum Gasteiger partial charge on any atom is -0.494 e. The molecule has 2 rings (SSSR count). The molecule has 0 unspecified atom stereocenters. The maximum absolute atomic E-state index is 12.7. The highest BCUT2D eigenvalue weighted by Gasteiger charge is 2.30. The molecular formula is C19H29F3N2O. The maximum Gasteiger partial charge on any atom is 0.416 e. The van der Waals surface area contributed by atoms with Crippen LogP contribution in [0.1, 0.15) is 32.3 Å². The van der Waals surface area contributed by atoms with Gasteiger partial charge in [0.05, 0.1) is 12.2 Å². The third-order valence-electron chi connectivity index (χ3n) is 4.54. The molecule has 0 radical (unpaired) electrons. The summed E-state index contributed by atoms with van der Waals surface area (Å²) in [6.45, 7) is 11.4. The molecule has 1 heterocycles. The third-order valence-corrected chi connectivity index (χ3v) is 4.54. The van der Waals surface area contributed by atoms with Crippen molar-refractivity contribution in [3.63, 3.8) is 0 Å². The number of nitrogens with zero attached hydrogens (tertiary/aromatic N) is 2. The number of hydrogen-bond acceptors (Lipinski definition) is 3. The first-order valence-electron chi connectivity index (χ1n) is 9.09. The Morgan fingerprint density at radius 1 is 1.04 bits per heavy atom. The second-order valence-electron chi connectivity index (χ2n) is 7.09. The normalized spacial score (nSPS) is 17.2. The van der Waals surface area contributed by atoms with Crippen molar-refractivity contribution in [3.8, 4) is 5.75 Å². The number of benzene rings is 1. The molecule has 1 saturated heterocycles. The molecule has 0 atom stereocenters. The van der Waals surface area contributed by atoms with E-state index in [9.17, 15) is 13.2 Å². The van der Waals surface area contributed by atoms with E-state index < -0.39 is 11.7 Å². The van der Waals surface area contributed by atoms with E-state index in [1.165, 1.54) is 19.0 Å². The Bertz CT molecular complexity index is 512. The number of rotatable bonds is 8. The number of halogens is 3. The van der Waals surface area contributed by atoms with E-state index >= 15 is 0 Å². The lowest BCUT2D eigenvalue weighted by Crippen LogP contribution is -2.47. The van der Waals surface area contributed by atoms with Gasteiger partial charge in [-0.2, -0.15) is 13.2 Å². The highest BCUT2D eigenvalue weighted by atomic mass is 19.4. The minimum atomic E-state index is -4.32. The molecule has 0 saturated carbocycles. The summed E-state index contributed by atoms with van der Waals surface area (Å²) in [7, 11) is 0. The number of hydrogen-bond donors (Lipinski definition) is 0. The smallest absolute Gasteiger partial charge is 0.416 e. The molecular weight excluding hydrogens is 329 g/mol. The fourth-order valence-electron chi connectivity index (χ4n) is 2.92. The lowest BCUT2D eigenvalue weighted by molar-refractivity contribution is -0.137. The van der Waals surface area contributed by atoms with E-state index in [1.807, 2.05) is 0 Å². The second-order valence-corrected chi connectivity index (χ2v) is 7.09. The van der Waals surface area contributed by atoms with Crippen LogP contribution in [0.3, 0.4) is 0 Å². The molecule has 0 aliphatic carbocycles. The van der Waals surface area contributed by atoms with Gasteiger partial charge in [0.15, 0.2) is 0 Å². The molecule has 142 valence electrons. The molecule has 1 aliphatic rings. The summed E-state index contributed by atoms with van der Waals surface area (Å²) in [5.74, 6) is 1.03. The zero-order valence-electron chi connectivity index (χ0n) is 15.2. The van der Waals surface area contributed by atoms with Crippen LogP contribution in [0.15, 0.2) is 24.3 Å². The number of ether oxygens (including phenoxy) is 1. The van der Waals surface area contributed by atoms with E-state index in [4.69, 9.17) is 4.74 Å². The Morgan fingerprint density at radius 3 is 2.28 bits per heavy atom. The minimum absolute atomic E-state index is 0.285. The van der Waals surface area contributed by atoms with E-state index in [2.05, 4.69) is 23.6 Å². The van der Waals surface area contributed by atoms with Crippen LogP contribution in [0.5, 0.6) is 5.75 Å². The predicted octanol–water partition coefficient (Wildman–Crippen LogP) is 4.14. The van der Waals surface area contributed by atoms with E-state index in [-0.39, 0.29) is 5.75 Å². The first-order valence-corrected chi connectivity index (χ1v) is 9.09. The molecule has 0 amide bonds. The molecule has 3 nitrogen and oxygen atoms in total. The van der Waals surface area contributed by atoms with E-state index in [0.717, 1.165) is 57.2 Å². The van der Waals surface area contributed by atoms with Crippen molar-refractivity contribution in [2.45, 2.75) is 32.9 Å². The van der Waals surface area contributed by atoms with Crippen molar-refractivity contribution in [1.29, 1.82) is 0 Å². The summed E-state index contributed by atoms with van der Waals surface area (Å²) >= 11 is 0.